The lowest BCUT2D eigenvalue weighted by Crippen LogP contribution is -2.57. The van der Waals surface area contributed by atoms with Gasteiger partial charge in [0.15, 0.2) is 0 Å². The van der Waals surface area contributed by atoms with Crippen LogP contribution in [0.2, 0.25) is 0 Å². The third-order valence-electron chi connectivity index (χ3n) is 5.53. The van der Waals surface area contributed by atoms with Crippen molar-refractivity contribution in [2.75, 3.05) is 0 Å². The third-order valence-corrected chi connectivity index (χ3v) is 6.45. The van der Waals surface area contributed by atoms with Crippen molar-refractivity contribution in [1.29, 1.82) is 0 Å². The van der Waals surface area contributed by atoms with E-state index in [4.69, 9.17) is 5.73 Å². The molecular weight excluding hydrogens is 436 g/mol. The second-order valence-electron chi connectivity index (χ2n) is 8.57. The molecule has 0 spiro atoms. The van der Waals surface area contributed by atoms with Crippen molar-refractivity contribution in [1.82, 2.24) is 4.90 Å². The summed E-state index contributed by atoms with van der Waals surface area (Å²) >= 11 is 1.56. The van der Waals surface area contributed by atoms with Gasteiger partial charge in [0.1, 0.15) is 6.04 Å². The molecule has 2 aromatic carbocycles. The lowest BCUT2D eigenvalue weighted by atomic mass is 9.89. The largest absolute Gasteiger partial charge is 0.480 e. The van der Waals surface area contributed by atoms with Gasteiger partial charge in [-0.25, -0.2) is 4.79 Å². The SMILES string of the molecule is CC(C)(Cc1ccccc1)N(C(=O)c1cccc(-c2cccs2)c1)[C@@H](CCC(N)=O)C(=O)O. The molecule has 1 aromatic heterocycles. The van der Waals surface area contributed by atoms with Crippen molar-refractivity contribution in [3.8, 4) is 10.4 Å². The Morgan fingerprint density at radius 3 is 2.36 bits per heavy atom. The van der Waals surface area contributed by atoms with Crippen molar-refractivity contribution >= 4 is 29.1 Å². The molecule has 3 N–H and O–H groups in total. The molecule has 0 bridgehead atoms. The first-order valence-electron chi connectivity index (χ1n) is 10.7. The Morgan fingerprint density at radius 1 is 1.03 bits per heavy atom. The van der Waals surface area contributed by atoms with E-state index in [2.05, 4.69) is 0 Å². The summed E-state index contributed by atoms with van der Waals surface area (Å²) in [6, 6.07) is 19.5. The topological polar surface area (TPSA) is 101 Å². The number of amides is 2. The number of carboxylic acids is 1. The summed E-state index contributed by atoms with van der Waals surface area (Å²) in [6.07, 6.45) is 0.265. The van der Waals surface area contributed by atoms with Crippen LogP contribution in [-0.2, 0) is 16.0 Å². The minimum Gasteiger partial charge on any atom is -0.480 e. The molecule has 33 heavy (non-hydrogen) atoms. The summed E-state index contributed by atoms with van der Waals surface area (Å²) in [4.78, 5) is 40.0. The molecule has 0 aliphatic carbocycles. The molecule has 0 saturated heterocycles. The molecule has 0 saturated carbocycles. The number of carbonyl (C=O) groups is 3. The summed E-state index contributed by atoms with van der Waals surface area (Å²) in [6.45, 7) is 3.70. The Bertz CT molecular complexity index is 1110. The highest BCUT2D eigenvalue weighted by Gasteiger charge is 2.40. The van der Waals surface area contributed by atoms with Gasteiger partial charge in [-0.15, -0.1) is 11.3 Å². The minimum absolute atomic E-state index is 0.0563. The number of primary amides is 1. The maximum Gasteiger partial charge on any atom is 0.326 e. The Kier molecular flexibility index (Phi) is 7.66. The van der Waals surface area contributed by atoms with E-state index >= 15 is 0 Å². The fraction of sp³-hybridized carbons (Fsp3) is 0.269. The van der Waals surface area contributed by atoms with E-state index in [0.717, 1.165) is 16.0 Å². The molecular formula is C26H28N2O4S. The van der Waals surface area contributed by atoms with Gasteiger partial charge in [0.05, 0.1) is 0 Å². The van der Waals surface area contributed by atoms with Crippen LogP contribution in [0.1, 0.15) is 42.6 Å². The molecule has 0 aliphatic heterocycles. The lowest BCUT2D eigenvalue weighted by molar-refractivity contribution is -0.144. The summed E-state index contributed by atoms with van der Waals surface area (Å²) in [7, 11) is 0. The van der Waals surface area contributed by atoms with E-state index in [9.17, 15) is 19.5 Å². The maximum absolute atomic E-state index is 13.8. The number of carbonyl (C=O) groups excluding carboxylic acids is 2. The molecule has 1 heterocycles. The van der Waals surface area contributed by atoms with Gasteiger partial charge < -0.3 is 15.7 Å². The molecule has 2 amide bonds. The van der Waals surface area contributed by atoms with E-state index < -0.39 is 29.4 Å². The van der Waals surface area contributed by atoms with E-state index in [1.165, 1.54) is 4.90 Å². The smallest absolute Gasteiger partial charge is 0.326 e. The quantitative estimate of drug-likeness (QED) is 0.458. The zero-order valence-electron chi connectivity index (χ0n) is 18.7. The van der Waals surface area contributed by atoms with Crippen LogP contribution in [0.25, 0.3) is 10.4 Å². The van der Waals surface area contributed by atoms with Crippen LogP contribution in [0.4, 0.5) is 0 Å². The Hall–Kier alpha value is -3.45. The predicted molar refractivity (Wildman–Crippen MR) is 130 cm³/mol. The van der Waals surface area contributed by atoms with Gasteiger partial charge in [-0.05, 0) is 61.4 Å². The molecule has 7 heteroatoms. The Labute approximate surface area is 197 Å². The van der Waals surface area contributed by atoms with Gasteiger partial charge in [-0.3, -0.25) is 9.59 Å². The van der Waals surface area contributed by atoms with Gasteiger partial charge >= 0.3 is 5.97 Å². The van der Waals surface area contributed by atoms with Crippen LogP contribution in [0, 0.1) is 0 Å². The van der Waals surface area contributed by atoms with Crippen LogP contribution in [0.5, 0.6) is 0 Å². The molecule has 0 fully saturated rings. The highest BCUT2D eigenvalue weighted by molar-refractivity contribution is 7.13. The molecule has 0 aliphatic rings. The van der Waals surface area contributed by atoms with Crippen molar-refractivity contribution in [2.45, 2.75) is 44.7 Å². The van der Waals surface area contributed by atoms with Crippen molar-refractivity contribution in [3.63, 3.8) is 0 Å². The first-order valence-corrected chi connectivity index (χ1v) is 11.6. The number of thiophene rings is 1. The summed E-state index contributed by atoms with van der Waals surface area (Å²) in [5.41, 5.74) is 6.72. The normalized spacial score (nSPS) is 12.2. The summed E-state index contributed by atoms with van der Waals surface area (Å²) < 4.78 is 0. The van der Waals surface area contributed by atoms with Crippen LogP contribution in [-0.4, -0.2) is 39.4 Å². The number of hydrogen-bond acceptors (Lipinski definition) is 4. The van der Waals surface area contributed by atoms with E-state index in [1.807, 2.05) is 67.8 Å². The van der Waals surface area contributed by atoms with Crippen LogP contribution >= 0.6 is 11.3 Å². The van der Waals surface area contributed by atoms with Gasteiger partial charge in [-0.1, -0.05) is 48.5 Å². The lowest BCUT2D eigenvalue weighted by Gasteiger charge is -2.42. The second-order valence-corrected chi connectivity index (χ2v) is 9.51. The molecule has 1 atom stereocenters. The van der Waals surface area contributed by atoms with Gasteiger partial charge in [0, 0.05) is 22.4 Å². The standard InChI is InChI=1S/C26H28N2O4S/c1-26(2,17-18-8-4-3-5-9-18)28(21(25(31)32)13-14-23(27)29)24(30)20-11-6-10-19(16-20)22-12-7-15-33-22/h3-12,15-16,21H,13-14,17H2,1-2H3,(H2,27,29)(H,31,32)/t21-/m0/s1. The highest BCUT2D eigenvalue weighted by Crippen LogP contribution is 2.30. The van der Waals surface area contributed by atoms with Crippen LogP contribution in [0.15, 0.2) is 72.1 Å². The van der Waals surface area contributed by atoms with Crippen molar-refractivity contribution in [2.24, 2.45) is 5.73 Å². The van der Waals surface area contributed by atoms with Crippen molar-refractivity contribution in [3.05, 3.63) is 83.2 Å². The molecule has 3 aromatic rings. The molecule has 0 unspecified atom stereocenters. The minimum atomic E-state index is -1.20. The van der Waals surface area contributed by atoms with Gasteiger partial charge in [-0.2, -0.15) is 0 Å². The summed E-state index contributed by atoms with van der Waals surface area (Å²) in [5, 5.41) is 12.0. The highest BCUT2D eigenvalue weighted by atomic mass is 32.1. The molecule has 0 radical (unpaired) electrons. The number of rotatable bonds is 10. The predicted octanol–water partition coefficient (Wildman–Crippen LogP) is 4.60. The number of nitrogens with two attached hydrogens (primary N) is 1. The zero-order valence-corrected chi connectivity index (χ0v) is 19.5. The first kappa shape index (κ1) is 24.2. The fourth-order valence-electron chi connectivity index (χ4n) is 4.05. The average molecular weight is 465 g/mol. The Morgan fingerprint density at radius 2 is 1.76 bits per heavy atom. The van der Waals surface area contributed by atoms with Crippen LogP contribution in [0.3, 0.4) is 0 Å². The zero-order chi connectivity index (χ0) is 24.0. The summed E-state index contributed by atoms with van der Waals surface area (Å²) in [5.74, 6) is -2.17. The van der Waals surface area contributed by atoms with E-state index in [-0.39, 0.29) is 12.8 Å². The molecule has 172 valence electrons. The van der Waals surface area contributed by atoms with Gasteiger partial charge in [0.25, 0.3) is 5.91 Å². The molecule has 6 nitrogen and oxygen atoms in total. The van der Waals surface area contributed by atoms with Gasteiger partial charge in [0.2, 0.25) is 5.91 Å². The van der Waals surface area contributed by atoms with E-state index in [0.29, 0.717) is 12.0 Å². The monoisotopic (exact) mass is 464 g/mol. The third kappa shape index (κ3) is 6.08. The number of hydrogen-bond donors (Lipinski definition) is 2. The number of benzene rings is 2. The fourth-order valence-corrected chi connectivity index (χ4v) is 4.77. The maximum atomic E-state index is 13.8. The van der Waals surface area contributed by atoms with E-state index in [1.54, 1.807) is 29.5 Å². The Balaban J connectivity index is 2.03. The number of aliphatic carboxylic acids is 1. The first-order chi connectivity index (χ1) is 15.7. The van der Waals surface area contributed by atoms with Crippen LogP contribution < -0.4 is 5.73 Å². The average Bonchev–Trinajstić information content (AvgIpc) is 3.31. The molecule has 3 rings (SSSR count). The number of carboxylic acid groups (broad SMARTS) is 1. The second kappa shape index (κ2) is 10.4. The number of nitrogens with zero attached hydrogens (tertiary/aromatic N) is 1. The van der Waals surface area contributed by atoms with Crippen molar-refractivity contribution < 1.29 is 19.5 Å².